The molecule has 1 heterocycles. The van der Waals surface area contributed by atoms with Crippen molar-refractivity contribution in [3.63, 3.8) is 0 Å². The highest BCUT2D eigenvalue weighted by molar-refractivity contribution is 6.31. The van der Waals surface area contributed by atoms with Gasteiger partial charge in [-0.25, -0.2) is 4.79 Å². The van der Waals surface area contributed by atoms with Crippen molar-refractivity contribution < 1.29 is 14.3 Å². The molecule has 40 heavy (non-hydrogen) atoms. The van der Waals surface area contributed by atoms with Crippen LogP contribution in [0.3, 0.4) is 0 Å². The molecule has 0 aromatic heterocycles. The Labute approximate surface area is 248 Å². The summed E-state index contributed by atoms with van der Waals surface area (Å²) < 4.78 is 6.10. The Balaban J connectivity index is 1.39. The number of urea groups is 1. The molecule has 0 N–H and O–H groups in total. The Morgan fingerprint density at radius 2 is 1.12 bits per heavy atom. The lowest BCUT2D eigenvalue weighted by Gasteiger charge is -2.18. The van der Waals surface area contributed by atoms with Gasteiger partial charge in [-0.05, 0) is 71.1 Å². The summed E-state index contributed by atoms with van der Waals surface area (Å²) in [4.78, 5) is 29.9. The lowest BCUT2D eigenvalue weighted by Crippen LogP contribution is -2.32. The van der Waals surface area contributed by atoms with Gasteiger partial charge in [0, 0.05) is 15.1 Å². The second kappa shape index (κ2) is 12.6. The summed E-state index contributed by atoms with van der Waals surface area (Å²) in [6.45, 7) is 0.753. The van der Waals surface area contributed by atoms with E-state index in [-0.39, 0.29) is 25.0 Å². The molecule has 1 aliphatic rings. The third-order valence-electron chi connectivity index (χ3n) is 6.52. The van der Waals surface area contributed by atoms with Gasteiger partial charge in [0.05, 0.1) is 13.1 Å². The van der Waals surface area contributed by atoms with E-state index >= 15 is 0 Å². The van der Waals surface area contributed by atoms with Gasteiger partial charge in [0.2, 0.25) is 0 Å². The van der Waals surface area contributed by atoms with E-state index in [1.165, 1.54) is 9.80 Å². The zero-order valence-corrected chi connectivity index (χ0v) is 23.7. The Morgan fingerprint density at radius 1 is 0.625 bits per heavy atom. The Hall–Kier alpha value is -3.77. The van der Waals surface area contributed by atoms with Crippen molar-refractivity contribution in [1.29, 1.82) is 0 Å². The second-order valence-electron chi connectivity index (χ2n) is 9.33. The van der Waals surface area contributed by atoms with Gasteiger partial charge in [0.25, 0.3) is 5.91 Å². The lowest BCUT2D eigenvalue weighted by molar-refractivity contribution is -0.123. The van der Waals surface area contributed by atoms with Gasteiger partial charge in [-0.15, -0.1) is 0 Å². The number of para-hydroxylation sites is 1. The van der Waals surface area contributed by atoms with Crippen LogP contribution >= 0.6 is 34.8 Å². The van der Waals surface area contributed by atoms with Crippen molar-refractivity contribution >= 4 is 46.7 Å². The summed E-state index contributed by atoms with van der Waals surface area (Å²) in [5.41, 5.74) is 3.87. The molecule has 1 aliphatic heterocycles. The van der Waals surface area contributed by atoms with E-state index < -0.39 is 0 Å². The van der Waals surface area contributed by atoms with Crippen LogP contribution in [0.15, 0.2) is 109 Å². The van der Waals surface area contributed by atoms with Crippen LogP contribution < -0.4 is 4.74 Å². The number of carbonyl (C=O) groups excluding carboxylic acids is 2. The zero-order valence-electron chi connectivity index (χ0n) is 21.4. The molecule has 0 unspecified atom stereocenters. The SMILES string of the molecule is O=C1/C(=C/Cc2ccccc2OCc2ccc(Cl)cc2)N(Cc2ccc(Cl)cc2)C(=O)N1Cc1ccc(Cl)cc1. The van der Waals surface area contributed by atoms with E-state index in [0.29, 0.717) is 39.5 Å². The van der Waals surface area contributed by atoms with E-state index in [1.807, 2.05) is 72.8 Å². The van der Waals surface area contributed by atoms with Gasteiger partial charge < -0.3 is 4.74 Å². The number of ether oxygens (including phenoxy) is 1. The van der Waals surface area contributed by atoms with Gasteiger partial charge >= 0.3 is 6.03 Å². The molecule has 0 spiro atoms. The van der Waals surface area contributed by atoms with Crippen LogP contribution in [0.25, 0.3) is 0 Å². The lowest BCUT2D eigenvalue weighted by atomic mass is 10.1. The fourth-order valence-corrected chi connectivity index (χ4v) is 4.76. The van der Waals surface area contributed by atoms with Crippen molar-refractivity contribution in [3.8, 4) is 5.75 Å². The van der Waals surface area contributed by atoms with Gasteiger partial charge in [-0.1, -0.05) is 95.5 Å². The molecule has 4 aromatic rings. The molecule has 0 bridgehead atoms. The summed E-state index contributed by atoms with van der Waals surface area (Å²) in [5.74, 6) is 0.349. The van der Waals surface area contributed by atoms with E-state index in [1.54, 1.807) is 30.3 Å². The average molecular weight is 592 g/mol. The quantitative estimate of drug-likeness (QED) is 0.145. The number of hydrogen-bond acceptors (Lipinski definition) is 3. The molecule has 0 aliphatic carbocycles. The number of halogens is 3. The first-order chi connectivity index (χ1) is 19.4. The molecular weight excluding hydrogens is 567 g/mol. The van der Waals surface area contributed by atoms with Crippen molar-refractivity contribution in [1.82, 2.24) is 9.80 Å². The normalized spacial score (nSPS) is 14.3. The number of allylic oxidation sites excluding steroid dienone is 1. The van der Waals surface area contributed by atoms with E-state index in [0.717, 1.165) is 22.3 Å². The molecule has 5 nitrogen and oxygen atoms in total. The molecule has 8 heteroatoms. The predicted octanol–water partition coefficient (Wildman–Crippen LogP) is 8.32. The topological polar surface area (TPSA) is 49.9 Å². The number of imide groups is 1. The first kappa shape index (κ1) is 27.8. The van der Waals surface area contributed by atoms with Crippen LogP contribution in [0.1, 0.15) is 22.3 Å². The molecule has 0 saturated carbocycles. The Bertz CT molecular complexity index is 1540. The van der Waals surface area contributed by atoms with Gasteiger partial charge in [-0.3, -0.25) is 14.6 Å². The number of benzene rings is 4. The second-order valence-corrected chi connectivity index (χ2v) is 10.6. The largest absolute Gasteiger partial charge is 0.489 e. The summed E-state index contributed by atoms with van der Waals surface area (Å²) in [6, 6.07) is 29.1. The molecular formula is C32H25Cl3N2O3. The molecule has 0 atom stereocenters. The summed E-state index contributed by atoms with van der Waals surface area (Å²) in [5, 5.41) is 1.85. The van der Waals surface area contributed by atoms with Crippen molar-refractivity contribution in [2.75, 3.05) is 0 Å². The predicted molar refractivity (Wildman–Crippen MR) is 158 cm³/mol. The van der Waals surface area contributed by atoms with Gasteiger partial charge in [0.1, 0.15) is 18.1 Å². The summed E-state index contributed by atoms with van der Waals surface area (Å²) >= 11 is 18.1. The zero-order chi connectivity index (χ0) is 28.1. The average Bonchev–Trinajstić information content (AvgIpc) is 3.18. The standard InChI is InChI=1S/C32H25Cl3N2O3/c33-26-12-5-22(6-13-26)19-36-29(31(38)37(32(36)39)20-23-7-14-27(34)15-8-23)18-11-25-3-1-2-4-30(25)40-21-24-9-16-28(35)17-10-24/h1-10,12-18H,11,19-21H2/b29-18-. The monoisotopic (exact) mass is 590 g/mol. The van der Waals surface area contributed by atoms with Crippen molar-refractivity contribution in [3.05, 3.63) is 146 Å². The Morgan fingerprint density at radius 3 is 1.70 bits per heavy atom. The highest BCUT2D eigenvalue weighted by Crippen LogP contribution is 2.28. The highest BCUT2D eigenvalue weighted by atomic mass is 35.5. The minimum Gasteiger partial charge on any atom is -0.489 e. The smallest absolute Gasteiger partial charge is 0.332 e. The molecule has 5 rings (SSSR count). The number of hydrogen-bond donors (Lipinski definition) is 0. The molecule has 0 radical (unpaired) electrons. The fourth-order valence-electron chi connectivity index (χ4n) is 4.39. The van der Waals surface area contributed by atoms with Crippen LogP contribution in [-0.2, 0) is 30.9 Å². The van der Waals surface area contributed by atoms with Crippen LogP contribution in [0.5, 0.6) is 5.75 Å². The molecule has 202 valence electrons. The first-order valence-electron chi connectivity index (χ1n) is 12.6. The van der Waals surface area contributed by atoms with Crippen molar-refractivity contribution in [2.45, 2.75) is 26.1 Å². The molecule has 1 fully saturated rings. The molecule has 3 amide bonds. The summed E-state index contributed by atoms with van der Waals surface area (Å²) in [7, 11) is 0. The van der Waals surface area contributed by atoms with Crippen LogP contribution in [0.4, 0.5) is 4.79 Å². The number of rotatable bonds is 9. The number of carbonyl (C=O) groups is 2. The molecule has 4 aromatic carbocycles. The van der Waals surface area contributed by atoms with E-state index in [9.17, 15) is 9.59 Å². The van der Waals surface area contributed by atoms with Crippen LogP contribution in [0, 0.1) is 0 Å². The molecule has 1 saturated heterocycles. The minimum absolute atomic E-state index is 0.143. The maximum atomic E-state index is 13.6. The van der Waals surface area contributed by atoms with Gasteiger partial charge in [-0.2, -0.15) is 0 Å². The van der Waals surface area contributed by atoms with E-state index in [2.05, 4.69) is 0 Å². The van der Waals surface area contributed by atoms with E-state index in [4.69, 9.17) is 39.5 Å². The first-order valence-corrected chi connectivity index (χ1v) is 13.8. The maximum absolute atomic E-state index is 13.6. The Kier molecular flexibility index (Phi) is 8.75. The third-order valence-corrected chi connectivity index (χ3v) is 7.28. The van der Waals surface area contributed by atoms with Crippen LogP contribution in [-0.4, -0.2) is 21.7 Å². The van der Waals surface area contributed by atoms with Crippen molar-refractivity contribution in [2.24, 2.45) is 0 Å². The fraction of sp³-hybridized carbons (Fsp3) is 0.125. The third kappa shape index (κ3) is 6.68. The van der Waals surface area contributed by atoms with Crippen LogP contribution in [0.2, 0.25) is 15.1 Å². The maximum Gasteiger partial charge on any atom is 0.332 e. The minimum atomic E-state index is -0.381. The number of amides is 3. The summed E-state index contributed by atoms with van der Waals surface area (Å²) in [6.07, 6.45) is 2.19. The van der Waals surface area contributed by atoms with Gasteiger partial charge in [0.15, 0.2) is 0 Å². The number of nitrogens with zero attached hydrogens (tertiary/aromatic N) is 2. The highest BCUT2D eigenvalue weighted by Gasteiger charge is 2.40.